The molecule has 1 rings (SSSR count). The number of halogens is 1. The minimum Gasteiger partial charge on any atom is -0.246 e. The Labute approximate surface area is 54.9 Å². The third kappa shape index (κ3) is 1.38. The largest absolute Gasteiger partial charge is 0.246 e. The lowest BCUT2D eigenvalue weighted by molar-refractivity contribution is 0.261. The van der Waals surface area contributed by atoms with Crippen molar-refractivity contribution < 1.29 is 4.39 Å². The molecule has 2 atom stereocenters. The Morgan fingerprint density at radius 1 is 1.25 bits per heavy atom. The zero-order chi connectivity index (χ0) is 5.98. The van der Waals surface area contributed by atoms with Crippen LogP contribution in [-0.2, 0) is 0 Å². The van der Waals surface area contributed by atoms with Crippen molar-refractivity contribution in [2.75, 3.05) is 0 Å². The average Bonchev–Trinajstić information content (AvgIpc) is 1.77. The van der Waals surface area contributed by atoms with Crippen LogP contribution in [0.3, 0.4) is 0 Å². The fourth-order valence-electron chi connectivity index (χ4n) is 1.07. The Hall–Kier alpha value is 0.280. The summed E-state index contributed by atoms with van der Waals surface area (Å²) in [4.78, 5) is 0. The first-order chi connectivity index (χ1) is 3.80. The van der Waals surface area contributed by atoms with Crippen molar-refractivity contribution >= 4 is 12.6 Å². The van der Waals surface area contributed by atoms with E-state index < -0.39 is 6.17 Å². The first-order valence-electron chi connectivity index (χ1n) is 3.13. The van der Waals surface area contributed by atoms with E-state index in [1.165, 1.54) is 0 Å². The molecule has 0 spiro atoms. The number of hydrogen-bond acceptors (Lipinski definition) is 1. The van der Waals surface area contributed by atoms with Crippen LogP contribution in [0.2, 0.25) is 0 Å². The molecule has 2 heteroatoms. The molecule has 48 valence electrons. The molecule has 1 fully saturated rings. The molecule has 1 saturated carbocycles. The third-order valence-electron chi connectivity index (χ3n) is 1.65. The molecule has 0 nitrogen and oxygen atoms in total. The second-order valence-electron chi connectivity index (χ2n) is 2.37. The molecular formula is C6H11FS. The van der Waals surface area contributed by atoms with E-state index in [-0.39, 0.29) is 5.25 Å². The normalized spacial score (nSPS) is 39.8. The molecule has 0 aromatic rings. The van der Waals surface area contributed by atoms with Crippen molar-refractivity contribution in [3.05, 3.63) is 0 Å². The van der Waals surface area contributed by atoms with Gasteiger partial charge in [-0.1, -0.05) is 12.8 Å². The highest BCUT2D eigenvalue weighted by atomic mass is 32.1. The van der Waals surface area contributed by atoms with Crippen molar-refractivity contribution in [3.63, 3.8) is 0 Å². The maximum absolute atomic E-state index is 12.5. The van der Waals surface area contributed by atoms with Gasteiger partial charge in [-0.25, -0.2) is 4.39 Å². The predicted molar refractivity (Wildman–Crippen MR) is 36.1 cm³/mol. The van der Waals surface area contributed by atoms with Gasteiger partial charge >= 0.3 is 0 Å². The molecule has 0 heterocycles. The summed E-state index contributed by atoms with van der Waals surface area (Å²) in [6.45, 7) is 0. The van der Waals surface area contributed by atoms with Crippen LogP contribution >= 0.6 is 12.6 Å². The van der Waals surface area contributed by atoms with Gasteiger partial charge in [-0.05, 0) is 12.8 Å². The summed E-state index contributed by atoms with van der Waals surface area (Å²) < 4.78 is 12.5. The van der Waals surface area contributed by atoms with E-state index in [2.05, 4.69) is 12.6 Å². The van der Waals surface area contributed by atoms with Crippen LogP contribution in [0.5, 0.6) is 0 Å². The van der Waals surface area contributed by atoms with Gasteiger partial charge in [0.25, 0.3) is 0 Å². The standard InChI is InChI=1S/C6H11FS/c7-5-3-1-2-4-6(5)8/h5-6,8H,1-4H2/t5-,6+/m0/s1. The van der Waals surface area contributed by atoms with Crippen molar-refractivity contribution in [1.29, 1.82) is 0 Å². The Kier molecular flexibility index (Phi) is 2.17. The zero-order valence-corrected chi connectivity index (χ0v) is 5.70. The van der Waals surface area contributed by atoms with E-state index in [9.17, 15) is 4.39 Å². The number of hydrogen-bond donors (Lipinski definition) is 1. The number of alkyl halides is 1. The lowest BCUT2D eigenvalue weighted by Gasteiger charge is -2.20. The molecule has 8 heavy (non-hydrogen) atoms. The van der Waals surface area contributed by atoms with Crippen LogP contribution in [-0.4, -0.2) is 11.4 Å². The molecule has 0 saturated heterocycles. The van der Waals surface area contributed by atoms with Crippen LogP contribution in [0.4, 0.5) is 4.39 Å². The summed E-state index contributed by atoms with van der Waals surface area (Å²) in [6, 6.07) is 0. The summed E-state index contributed by atoms with van der Waals surface area (Å²) in [5.74, 6) is 0. The van der Waals surface area contributed by atoms with Crippen LogP contribution in [0.15, 0.2) is 0 Å². The highest BCUT2D eigenvalue weighted by molar-refractivity contribution is 7.81. The van der Waals surface area contributed by atoms with Gasteiger partial charge in [0.05, 0.1) is 0 Å². The molecule has 0 radical (unpaired) electrons. The van der Waals surface area contributed by atoms with Crippen LogP contribution in [0.25, 0.3) is 0 Å². The van der Waals surface area contributed by atoms with Crippen molar-refractivity contribution in [2.45, 2.75) is 37.1 Å². The van der Waals surface area contributed by atoms with E-state index in [0.717, 1.165) is 25.7 Å². The highest BCUT2D eigenvalue weighted by Gasteiger charge is 2.20. The summed E-state index contributed by atoms with van der Waals surface area (Å²) in [6.07, 6.45) is 3.28. The smallest absolute Gasteiger partial charge is 0.112 e. The highest BCUT2D eigenvalue weighted by Crippen LogP contribution is 2.24. The first kappa shape index (κ1) is 6.40. The molecule has 0 amide bonds. The molecule has 0 unspecified atom stereocenters. The Bertz CT molecular complexity index is 64.9. The predicted octanol–water partition coefficient (Wildman–Crippen LogP) is 2.20. The molecule has 1 aliphatic carbocycles. The maximum Gasteiger partial charge on any atom is 0.112 e. The summed E-state index contributed by atoms with van der Waals surface area (Å²) in [5.41, 5.74) is 0. The Balaban J connectivity index is 2.28. The second-order valence-corrected chi connectivity index (χ2v) is 3.03. The van der Waals surface area contributed by atoms with Gasteiger partial charge < -0.3 is 0 Å². The summed E-state index contributed by atoms with van der Waals surface area (Å²) in [5, 5.41) is 0.0312. The maximum atomic E-state index is 12.5. The van der Waals surface area contributed by atoms with E-state index >= 15 is 0 Å². The number of thiol groups is 1. The molecule has 0 aromatic heterocycles. The SMILES string of the molecule is F[C@H]1CCCC[C@H]1S. The Morgan fingerprint density at radius 2 is 1.88 bits per heavy atom. The topological polar surface area (TPSA) is 0 Å². The molecule has 0 bridgehead atoms. The van der Waals surface area contributed by atoms with Crippen LogP contribution in [0, 0.1) is 0 Å². The van der Waals surface area contributed by atoms with Gasteiger partial charge in [0.1, 0.15) is 6.17 Å². The van der Waals surface area contributed by atoms with Crippen molar-refractivity contribution in [2.24, 2.45) is 0 Å². The van der Waals surface area contributed by atoms with Crippen LogP contribution < -0.4 is 0 Å². The van der Waals surface area contributed by atoms with E-state index in [1.54, 1.807) is 0 Å². The summed E-state index contributed by atoms with van der Waals surface area (Å²) >= 11 is 4.08. The Morgan fingerprint density at radius 3 is 2.25 bits per heavy atom. The van der Waals surface area contributed by atoms with E-state index in [0.29, 0.717) is 0 Å². The molecular weight excluding hydrogens is 123 g/mol. The first-order valence-corrected chi connectivity index (χ1v) is 3.64. The van der Waals surface area contributed by atoms with Gasteiger partial charge in [0, 0.05) is 5.25 Å². The van der Waals surface area contributed by atoms with Crippen LogP contribution in [0.1, 0.15) is 25.7 Å². The lowest BCUT2D eigenvalue weighted by Crippen LogP contribution is -2.20. The monoisotopic (exact) mass is 134 g/mol. The van der Waals surface area contributed by atoms with Gasteiger partial charge in [-0.3, -0.25) is 0 Å². The average molecular weight is 134 g/mol. The van der Waals surface area contributed by atoms with E-state index in [4.69, 9.17) is 0 Å². The summed E-state index contributed by atoms with van der Waals surface area (Å²) in [7, 11) is 0. The van der Waals surface area contributed by atoms with Gasteiger partial charge in [0.15, 0.2) is 0 Å². The fourth-order valence-corrected chi connectivity index (χ4v) is 1.40. The van der Waals surface area contributed by atoms with Crippen molar-refractivity contribution in [1.82, 2.24) is 0 Å². The second kappa shape index (κ2) is 2.72. The zero-order valence-electron chi connectivity index (χ0n) is 4.81. The minimum absolute atomic E-state index is 0.0312. The van der Waals surface area contributed by atoms with Gasteiger partial charge in [-0.2, -0.15) is 12.6 Å². The molecule has 0 aromatic carbocycles. The van der Waals surface area contributed by atoms with Gasteiger partial charge in [-0.15, -0.1) is 0 Å². The lowest BCUT2D eigenvalue weighted by atomic mass is 9.98. The quantitative estimate of drug-likeness (QED) is 0.482. The van der Waals surface area contributed by atoms with Gasteiger partial charge in [0.2, 0.25) is 0 Å². The fraction of sp³-hybridized carbons (Fsp3) is 1.00. The third-order valence-corrected chi connectivity index (χ3v) is 2.23. The molecule has 1 aliphatic rings. The van der Waals surface area contributed by atoms with E-state index in [1.807, 2.05) is 0 Å². The minimum atomic E-state index is -0.632. The number of rotatable bonds is 0. The molecule has 0 N–H and O–H groups in total. The van der Waals surface area contributed by atoms with Crippen molar-refractivity contribution in [3.8, 4) is 0 Å². The molecule has 0 aliphatic heterocycles.